The van der Waals surface area contributed by atoms with E-state index >= 15 is 0 Å². The van der Waals surface area contributed by atoms with E-state index in [9.17, 15) is 5.53 Å². The van der Waals surface area contributed by atoms with E-state index < -0.39 is 0 Å². The zero-order valence-electron chi connectivity index (χ0n) is 44.1. The van der Waals surface area contributed by atoms with Crippen molar-refractivity contribution in [2.24, 2.45) is 0 Å². The van der Waals surface area contributed by atoms with Crippen LogP contribution < -0.4 is 0 Å². The molecular weight excluding hydrogens is 797 g/mol. The molecule has 0 unspecified atom stereocenters. The predicted molar refractivity (Wildman–Crippen MR) is 294 cm³/mol. The van der Waals surface area contributed by atoms with E-state index in [1.54, 1.807) is 4.70 Å². The molecule has 0 aromatic heterocycles. The second kappa shape index (κ2) is 39.9. The molecule has 2 nitrogen and oxygen atoms in total. The van der Waals surface area contributed by atoms with Gasteiger partial charge in [-0.1, -0.05) is 268 Å². The summed E-state index contributed by atoms with van der Waals surface area (Å²) in [5.41, 5.74) is 22.6. The van der Waals surface area contributed by atoms with Crippen molar-refractivity contribution in [2.75, 3.05) is 0 Å². The molecular formula is C64H104N2. The van der Waals surface area contributed by atoms with E-state index in [1.165, 1.54) is 239 Å². The van der Waals surface area contributed by atoms with Gasteiger partial charge >= 0.3 is 0 Å². The normalized spacial score (nSPS) is 13.2. The van der Waals surface area contributed by atoms with E-state index in [4.69, 9.17) is 0 Å². The largest absolute Gasteiger partial charge is 0.493 e. The summed E-state index contributed by atoms with van der Waals surface area (Å²) >= 11 is 0. The number of nitrogens with zero attached hydrogens (tertiary/aromatic N) is 2. The minimum absolute atomic E-state index is 0.994. The van der Waals surface area contributed by atoms with Crippen molar-refractivity contribution in [1.82, 2.24) is 0 Å². The van der Waals surface area contributed by atoms with Crippen molar-refractivity contribution in [3.8, 4) is 0 Å². The molecule has 0 aliphatic carbocycles. The van der Waals surface area contributed by atoms with Crippen LogP contribution in [-0.4, -0.2) is 4.70 Å². The molecule has 3 rings (SSSR count). The van der Waals surface area contributed by atoms with Gasteiger partial charge in [-0.3, -0.25) is 0 Å². The average molecular weight is 902 g/mol. The van der Waals surface area contributed by atoms with Crippen molar-refractivity contribution < 1.29 is 4.70 Å². The molecule has 0 saturated carbocycles. The van der Waals surface area contributed by atoms with Gasteiger partial charge in [0.2, 0.25) is 11.4 Å². The maximum absolute atomic E-state index is 12.6. The summed E-state index contributed by atoms with van der Waals surface area (Å²) in [6.45, 7) is 9.22. The van der Waals surface area contributed by atoms with Crippen LogP contribution in [0.5, 0.6) is 0 Å². The lowest BCUT2D eigenvalue weighted by Gasteiger charge is -2.14. The number of hydrogen-bond donors (Lipinski definition) is 0. The molecule has 0 spiro atoms. The smallest absolute Gasteiger partial charge is 0.211 e. The molecule has 66 heavy (non-hydrogen) atoms. The highest BCUT2D eigenvalue weighted by molar-refractivity contribution is 5.83. The fourth-order valence-corrected chi connectivity index (χ4v) is 10.3. The van der Waals surface area contributed by atoms with Gasteiger partial charge in [0.15, 0.2) is 0 Å². The molecule has 370 valence electrons. The van der Waals surface area contributed by atoms with Crippen molar-refractivity contribution >= 4 is 11.4 Å². The lowest BCUT2D eigenvalue weighted by atomic mass is 9.89. The molecule has 0 radical (unpaired) electrons. The standard InChI is InChI=1S/C64H104N2/c1-5-9-13-16-19-21-23-25-27-29-31-33-35-37-39-42-49-57-51-45-47-54-59(57)63-61(53-12-8-4)62(56-44-41-18-15-11-7-3)64(66(63)65)60-55-48-46-52-58(60)50-43-40-38-36-34-32-30-28-26-24-22-20-17-14-10-6-2/h37-40,45-48,51-52,54-55H,5-36,41-44,49-50,53,56H2,1-4H3. The van der Waals surface area contributed by atoms with E-state index in [0.717, 1.165) is 62.8 Å². The first kappa shape index (κ1) is 57.3. The Morgan fingerprint density at radius 2 is 0.606 bits per heavy atom. The van der Waals surface area contributed by atoms with Crippen LogP contribution in [0.3, 0.4) is 0 Å². The second-order valence-electron chi connectivity index (χ2n) is 20.3. The summed E-state index contributed by atoms with van der Waals surface area (Å²) in [5, 5.41) is 0. The maximum Gasteiger partial charge on any atom is 0.211 e. The highest BCUT2D eigenvalue weighted by Gasteiger charge is 2.36. The third-order valence-corrected chi connectivity index (χ3v) is 14.4. The minimum Gasteiger partial charge on any atom is -0.493 e. The maximum atomic E-state index is 12.6. The van der Waals surface area contributed by atoms with Crippen molar-refractivity contribution in [2.45, 2.75) is 285 Å². The number of unbranched alkanes of at least 4 members (excludes halogenated alkanes) is 30. The number of aryl methyl sites for hydroxylation is 2. The number of hydrogen-bond acceptors (Lipinski definition) is 0. The Morgan fingerprint density at radius 3 is 0.970 bits per heavy atom. The van der Waals surface area contributed by atoms with Gasteiger partial charge < -0.3 is 5.53 Å². The molecule has 0 fully saturated rings. The average Bonchev–Trinajstić information content (AvgIpc) is 3.61. The molecule has 0 saturated heterocycles. The van der Waals surface area contributed by atoms with Crippen LogP contribution in [0.25, 0.3) is 16.9 Å². The fraction of sp³-hybridized carbons (Fsp3) is 0.688. The number of allylic oxidation sites excluding steroid dienone is 6. The molecule has 1 heterocycles. The van der Waals surface area contributed by atoms with E-state index in [-0.39, 0.29) is 0 Å². The van der Waals surface area contributed by atoms with E-state index in [2.05, 4.69) is 101 Å². The van der Waals surface area contributed by atoms with Crippen LogP contribution in [0.4, 0.5) is 0 Å². The van der Waals surface area contributed by atoms with Crippen molar-refractivity contribution in [3.05, 3.63) is 112 Å². The lowest BCUT2D eigenvalue weighted by Crippen LogP contribution is -2.06. The molecule has 0 atom stereocenters. The van der Waals surface area contributed by atoms with Crippen molar-refractivity contribution in [1.29, 1.82) is 0 Å². The van der Waals surface area contributed by atoms with Gasteiger partial charge in [0.25, 0.3) is 0 Å². The monoisotopic (exact) mass is 901 g/mol. The summed E-state index contributed by atoms with van der Waals surface area (Å²) in [4.78, 5) is 0. The highest BCUT2D eigenvalue weighted by Crippen LogP contribution is 2.46. The van der Waals surface area contributed by atoms with Crippen LogP contribution in [0, 0.1) is 0 Å². The van der Waals surface area contributed by atoms with Gasteiger partial charge in [0.05, 0.1) is 0 Å². The van der Waals surface area contributed by atoms with Gasteiger partial charge in [-0.15, -0.1) is 0 Å². The topological polar surface area (TPSA) is 25.3 Å². The molecule has 2 aromatic rings. The summed E-state index contributed by atoms with van der Waals surface area (Å²) < 4.78 is 1.65. The molecule has 2 heteroatoms. The van der Waals surface area contributed by atoms with Gasteiger partial charge in [-0.25, -0.2) is 4.70 Å². The number of rotatable bonds is 44. The molecule has 0 amide bonds. The van der Waals surface area contributed by atoms with Crippen LogP contribution in [0.15, 0.2) is 84.0 Å². The summed E-state index contributed by atoms with van der Waals surface area (Å²) in [7, 11) is 0. The van der Waals surface area contributed by atoms with Crippen molar-refractivity contribution in [3.63, 3.8) is 0 Å². The SMILES string of the molecule is CCCCCCCCCCCCCCC=CCCc1ccccc1C1=C(CCCC)C(CCCCCCCC)=C(c2ccccc2CCC=CCCCCCCCCCCCCCC)[N+]1=[N-]. The first-order valence-electron chi connectivity index (χ1n) is 29.1. The van der Waals surface area contributed by atoms with Crippen LogP contribution in [-0.2, 0) is 12.8 Å². The van der Waals surface area contributed by atoms with Crippen LogP contribution in [0.2, 0.25) is 0 Å². The van der Waals surface area contributed by atoms with Crippen LogP contribution in [0.1, 0.15) is 294 Å². The van der Waals surface area contributed by atoms with Crippen LogP contribution >= 0.6 is 0 Å². The molecule has 0 bridgehead atoms. The Morgan fingerprint density at radius 1 is 0.318 bits per heavy atom. The number of benzene rings is 2. The van der Waals surface area contributed by atoms with Gasteiger partial charge in [0, 0.05) is 22.3 Å². The zero-order chi connectivity index (χ0) is 47.0. The van der Waals surface area contributed by atoms with Gasteiger partial charge in [0.1, 0.15) is 0 Å². The summed E-state index contributed by atoms with van der Waals surface area (Å²) in [5.74, 6) is 0. The molecule has 0 N–H and O–H groups in total. The second-order valence-corrected chi connectivity index (χ2v) is 20.3. The highest BCUT2D eigenvalue weighted by atomic mass is 15.2. The Balaban J connectivity index is 1.62. The fourth-order valence-electron chi connectivity index (χ4n) is 10.3. The Kier molecular flexibility index (Phi) is 34.7. The predicted octanol–water partition coefficient (Wildman–Crippen LogP) is 22.0. The van der Waals surface area contributed by atoms with E-state index in [1.807, 2.05) is 0 Å². The Bertz CT molecular complexity index is 1640. The molecule has 1 aliphatic rings. The lowest BCUT2D eigenvalue weighted by molar-refractivity contribution is -0.345. The van der Waals surface area contributed by atoms with Gasteiger partial charge in [-0.2, -0.15) is 0 Å². The first-order chi connectivity index (χ1) is 32.7. The third kappa shape index (κ3) is 24.3. The minimum atomic E-state index is 0.994. The summed E-state index contributed by atoms with van der Waals surface area (Å²) in [6.07, 6.45) is 61.8. The zero-order valence-corrected chi connectivity index (χ0v) is 44.1. The third-order valence-electron chi connectivity index (χ3n) is 14.4. The quantitative estimate of drug-likeness (QED) is 0.0360. The van der Waals surface area contributed by atoms with E-state index in [0.29, 0.717) is 0 Å². The molecule has 1 aliphatic heterocycles. The Labute approximate surface area is 410 Å². The molecule has 2 aromatic carbocycles. The summed E-state index contributed by atoms with van der Waals surface area (Å²) in [6, 6.07) is 18.0. The van der Waals surface area contributed by atoms with Gasteiger partial charge in [-0.05, 0) is 100 Å². The Hall–Kier alpha value is -3.00. The first-order valence-corrected chi connectivity index (χ1v) is 29.1.